The van der Waals surface area contributed by atoms with E-state index in [9.17, 15) is 8.42 Å². The summed E-state index contributed by atoms with van der Waals surface area (Å²) in [5.74, 6) is 1.09. The van der Waals surface area contributed by atoms with Crippen LogP contribution in [0.25, 0.3) is 0 Å². The third-order valence-electron chi connectivity index (χ3n) is 4.17. The van der Waals surface area contributed by atoms with Gasteiger partial charge in [-0.25, -0.2) is 13.1 Å². The monoisotopic (exact) mass is 297 g/mol. The molecule has 0 bridgehead atoms. The Balaban J connectivity index is 1.89. The van der Waals surface area contributed by atoms with E-state index in [2.05, 4.69) is 11.6 Å². The predicted molar refractivity (Wildman–Crippen MR) is 79.5 cm³/mol. The zero-order valence-corrected chi connectivity index (χ0v) is 12.7. The number of nitrogens with one attached hydrogen (secondary N) is 1. The Kier molecular flexibility index (Phi) is 5.18. The molecule has 0 saturated heterocycles. The Morgan fingerprint density at radius 1 is 1.20 bits per heavy atom. The molecule has 0 aromatic heterocycles. The average Bonchev–Trinajstić information content (AvgIpc) is 2.83. The van der Waals surface area contributed by atoms with Gasteiger partial charge in [0.05, 0.1) is 12.4 Å². The summed E-state index contributed by atoms with van der Waals surface area (Å²) in [6.45, 7) is 2.72. The topological polar surface area (TPSA) is 66.4 Å². The lowest BCUT2D eigenvalue weighted by Gasteiger charge is -2.16. The molecule has 2 unspecified atom stereocenters. The van der Waals surface area contributed by atoms with Crippen molar-refractivity contribution in [3.05, 3.63) is 35.4 Å². The lowest BCUT2D eigenvalue weighted by atomic mass is 9.99. The van der Waals surface area contributed by atoms with Crippen LogP contribution in [0.3, 0.4) is 0 Å². The molecule has 20 heavy (non-hydrogen) atoms. The van der Waals surface area contributed by atoms with Crippen LogP contribution in [-0.4, -0.2) is 20.1 Å². The summed E-state index contributed by atoms with van der Waals surface area (Å²) < 4.78 is 26.8. The van der Waals surface area contributed by atoms with Gasteiger partial charge in [-0.05, 0) is 29.4 Å². The molecule has 4 nitrogen and oxygen atoms in total. The predicted octanol–water partition coefficient (Wildman–Crippen LogP) is 2.03. The van der Waals surface area contributed by atoms with E-state index in [-0.39, 0.29) is 12.4 Å². The summed E-state index contributed by atoms with van der Waals surface area (Å²) >= 11 is 0. The quantitative estimate of drug-likeness (QED) is 0.844. The number of sulfonamides is 1. The number of rotatable bonds is 6. The second kappa shape index (κ2) is 6.70. The lowest BCUT2D eigenvalue weighted by Crippen LogP contribution is -2.31. The van der Waals surface area contributed by atoms with E-state index in [1.165, 1.54) is 12.8 Å². The maximum Gasteiger partial charge on any atom is 0.215 e. The maximum absolute atomic E-state index is 12.1. The molecule has 112 valence electrons. The van der Waals surface area contributed by atoms with Gasteiger partial charge in [0.1, 0.15) is 0 Å². The molecular weight excluding hydrogens is 274 g/mol. The molecular formula is C15H23NO3S. The second-order valence-corrected chi connectivity index (χ2v) is 7.56. The fourth-order valence-electron chi connectivity index (χ4n) is 2.77. The van der Waals surface area contributed by atoms with Gasteiger partial charge < -0.3 is 5.11 Å². The first-order valence-electron chi connectivity index (χ1n) is 7.16. The number of hydrogen-bond acceptors (Lipinski definition) is 3. The first kappa shape index (κ1) is 15.5. The highest BCUT2D eigenvalue weighted by Gasteiger charge is 2.24. The largest absolute Gasteiger partial charge is 0.392 e. The molecule has 1 saturated carbocycles. The van der Waals surface area contributed by atoms with Gasteiger partial charge in [-0.1, -0.05) is 44.0 Å². The summed E-state index contributed by atoms with van der Waals surface area (Å²) in [6, 6.07) is 7.01. The fraction of sp³-hybridized carbons (Fsp3) is 0.600. The summed E-state index contributed by atoms with van der Waals surface area (Å²) in [4.78, 5) is 0. The van der Waals surface area contributed by atoms with Gasteiger partial charge in [0.15, 0.2) is 0 Å². The average molecular weight is 297 g/mol. The van der Waals surface area contributed by atoms with E-state index in [0.717, 1.165) is 17.5 Å². The number of aliphatic hydroxyl groups excluding tert-OH is 1. The summed E-state index contributed by atoms with van der Waals surface area (Å²) in [6.07, 6.45) is 3.53. The van der Waals surface area contributed by atoms with Crippen molar-refractivity contribution >= 4 is 10.0 Å². The van der Waals surface area contributed by atoms with Gasteiger partial charge in [0.2, 0.25) is 10.0 Å². The Bertz CT molecular complexity index is 525. The van der Waals surface area contributed by atoms with Gasteiger partial charge in [0, 0.05) is 6.54 Å². The van der Waals surface area contributed by atoms with E-state index in [4.69, 9.17) is 5.11 Å². The van der Waals surface area contributed by atoms with Crippen LogP contribution >= 0.6 is 0 Å². The molecule has 0 heterocycles. The van der Waals surface area contributed by atoms with Crippen molar-refractivity contribution in [1.29, 1.82) is 0 Å². The molecule has 2 N–H and O–H groups in total. The first-order chi connectivity index (χ1) is 9.50. The van der Waals surface area contributed by atoms with Crippen molar-refractivity contribution in [2.45, 2.75) is 38.5 Å². The third-order valence-corrected chi connectivity index (χ3v) is 5.49. The van der Waals surface area contributed by atoms with Crippen LogP contribution in [0.1, 0.15) is 37.3 Å². The Morgan fingerprint density at radius 3 is 2.40 bits per heavy atom. The molecule has 1 fully saturated rings. The molecule has 1 aliphatic carbocycles. The first-order valence-corrected chi connectivity index (χ1v) is 8.81. The van der Waals surface area contributed by atoms with Crippen LogP contribution in [0.15, 0.2) is 24.3 Å². The van der Waals surface area contributed by atoms with Crippen molar-refractivity contribution in [3.8, 4) is 0 Å². The second-order valence-electron chi connectivity index (χ2n) is 5.75. The van der Waals surface area contributed by atoms with Crippen molar-refractivity contribution < 1.29 is 13.5 Å². The van der Waals surface area contributed by atoms with Crippen molar-refractivity contribution in [2.75, 3.05) is 6.54 Å². The van der Waals surface area contributed by atoms with Crippen LogP contribution in [0.5, 0.6) is 0 Å². The van der Waals surface area contributed by atoms with Crippen LogP contribution < -0.4 is 4.72 Å². The highest BCUT2D eigenvalue weighted by atomic mass is 32.2. The molecule has 1 aromatic carbocycles. The molecule has 2 rings (SSSR count). The third kappa shape index (κ3) is 4.30. The van der Waals surface area contributed by atoms with Crippen LogP contribution in [0.4, 0.5) is 0 Å². The maximum atomic E-state index is 12.1. The lowest BCUT2D eigenvalue weighted by molar-refractivity contribution is 0.282. The summed E-state index contributed by atoms with van der Waals surface area (Å²) in [5.41, 5.74) is 1.54. The molecule has 0 radical (unpaired) electrons. The van der Waals surface area contributed by atoms with Gasteiger partial charge in [-0.3, -0.25) is 0 Å². The van der Waals surface area contributed by atoms with Gasteiger partial charge >= 0.3 is 0 Å². The molecule has 0 amide bonds. The van der Waals surface area contributed by atoms with E-state index >= 15 is 0 Å². The van der Waals surface area contributed by atoms with Crippen LogP contribution in [-0.2, 0) is 22.4 Å². The Morgan fingerprint density at radius 2 is 1.85 bits per heavy atom. The van der Waals surface area contributed by atoms with E-state index in [1.807, 2.05) is 0 Å². The standard InChI is InChI=1S/C15H23NO3S/c1-12-3-2-4-15(12)9-16-20(18,19)11-14-7-5-13(10-17)6-8-14/h5-8,12,15-17H,2-4,9-11H2,1H3. The van der Waals surface area contributed by atoms with Crippen molar-refractivity contribution in [3.63, 3.8) is 0 Å². The van der Waals surface area contributed by atoms with E-state index in [1.54, 1.807) is 24.3 Å². The van der Waals surface area contributed by atoms with Gasteiger partial charge in [0.25, 0.3) is 0 Å². The smallest absolute Gasteiger partial charge is 0.215 e. The fourth-order valence-corrected chi connectivity index (χ4v) is 3.97. The molecule has 0 spiro atoms. The molecule has 0 aliphatic heterocycles. The van der Waals surface area contributed by atoms with Crippen LogP contribution in [0.2, 0.25) is 0 Å². The Hall–Kier alpha value is -0.910. The van der Waals surface area contributed by atoms with Crippen molar-refractivity contribution in [1.82, 2.24) is 4.72 Å². The van der Waals surface area contributed by atoms with Crippen LogP contribution in [0, 0.1) is 11.8 Å². The summed E-state index contributed by atoms with van der Waals surface area (Å²) in [7, 11) is -3.28. The Labute approximate surface area is 121 Å². The minimum Gasteiger partial charge on any atom is -0.392 e. The minimum absolute atomic E-state index is 0.000189. The normalized spacial score (nSPS) is 23.1. The van der Waals surface area contributed by atoms with E-state index < -0.39 is 10.0 Å². The van der Waals surface area contributed by atoms with Crippen molar-refractivity contribution in [2.24, 2.45) is 11.8 Å². The number of benzene rings is 1. The zero-order valence-electron chi connectivity index (χ0n) is 11.9. The zero-order chi connectivity index (χ0) is 14.6. The molecule has 5 heteroatoms. The number of aliphatic hydroxyl groups is 1. The van der Waals surface area contributed by atoms with Gasteiger partial charge in [-0.2, -0.15) is 0 Å². The van der Waals surface area contributed by atoms with Gasteiger partial charge in [-0.15, -0.1) is 0 Å². The highest BCUT2D eigenvalue weighted by molar-refractivity contribution is 7.88. The molecule has 2 atom stereocenters. The highest BCUT2D eigenvalue weighted by Crippen LogP contribution is 2.30. The number of hydrogen-bond donors (Lipinski definition) is 2. The summed E-state index contributed by atoms with van der Waals surface area (Å²) in [5, 5.41) is 8.96. The molecule has 1 aliphatic rings. The SMILES string of the molecule is CC1CCCC1CNS(=O)(=O)Cc1ccc(CO)cc1. The molecule has 1 aromatic rings. The van der Waals surface area contributed by atoms with E-state index in [0.29, 0.717) is 18.4 Å². The minimum atomic E-state index is -3.28.